The van der Waals surface area contributed by atoms with Crippen molar-refractivity contribution in [2.24, 2.45) is 0 Å². The summed E-state index contributed by atoms with van der Waals surface area (Å²) in [5.41, 5.74) is 2.43. The van der Waals surface area contributed by atoms with Crippen molar-refractivity contribution in [3.8, 4) is 11.5 Å². The molecule has 1 aliphatic rings. The first kappa shape index (κ1) is 20.2. The lowest BCUT2D eigenvalue weighted by Crippen LogP contribution is -2.42. The van der Waals surface area contributed by atoms with Crippen LogP contribution >= 0.6 is 0 Å². The zero-order chi connectivity index (χ0) is 20.5. The van der Waals surface area contributed by atoms with E-state index in [0.29, 0.717) is 17.5 Å². The number of amides is 1. The van der Waals surface area contributed by atoms with Gasteiger partial charge in [0.25, 0.3) is 0 Å². The number of rotatable bonds is 6. The van der Waals surface area contributed by atoms with Gasteiger partial charge in [0.1, 0.15) is 0 Å². The summed E-state index contributed by atoms with van der Waals surface area (Å²) in [5.74, 6) is 1.26. The van der Waals surface area contributed by atoms with Crippen LogP contribution < -0.4 is 14.8 Å². The normalized spacial score (nSPS) is 16.6. The van der Waals surface area contributed by atoms with Gasteiger partial charge in [-0.1, -0.05) is 6.07 Å². The van der Waals surface area contributed by atoms with E-state index in [2.05, 4.69) is 25.4 Å². The minimum absolute atomic E-state index is 0.0170. The Labute approximate surface area is 167 Å². The first-order valence-corrected chi connectivity index (χ1v) is 9.89. The van der Waals surface area contributed by atoms with E-state index in [9.17, 15) is 4.79 Å². The van der Waals surface area contributed by atoms with Gasteiger partial charge >= 0.3 is 0 Å². The van der Waals surface area contributed by atoms with E-state index in [1.54, 1.807) is 14.2 Å². The predicted octanol–water partition coefficient (Wildman–Crippen LogP) is 3.95. The van der Waals surface area contributed by atoms with Gasteiger partial charge in [0.2, 0.25) is 5.91 Å². The second-order valence-corrected chi connectivity index (χ2v) is 8.23. The second-order valence-electron chi connectivity index (χ2n) is 8.23. The third-order valence-corrected chi connectivity index (χ3v) is 5.62. The van der Waals surface area contributed by atoms with E-state index in [0.717, 1.165) is 30.5 Å². The lowest BCUT2D eigenvalue weighted by atomic mass is 9.82. The van der Waals surface area contributed by atoms with E-state index in [1.165, 1.54) is 5.56 Å². The molecule has 1 aromatic heterocycles. The van der Waals surface area contributed by atoms with Crippen LogP contribution in [0.15, 0.2) is 24.4 Å². The molecule has 0 saturated carbocycles. The van der Waals surface area contributed by atoms with Crippen molar-refractivity contribution in [3.63, 3.8) is 0 Å². The highest BCUT2D eigenvalue weighted by molar-refractivity contribution is 5.88. The number of nitrogens with one attached hydrogen (secondary N) is 1. The molecule has 0 fully saturated rings. The monoisotopic (exact) mass is 385 g/mol. The summed E-state index contributed by atoms with van der Waals surface area (Å²) in [6.45, 7) is 8.10. The third kappa shape index (κ3) is 3.73. The summed E-state index contributed by atoms with van der Waals surface area (Å²) < 4.78 is 12.7. The lowest BCUT2D eigenvalue weighted by Gasteiger charge is -2.29. The highest BCUT2D eigenvalue weighted by atomic mass is 16.5. The van der Waals surface area contributed by atoms with Gasteiger partial charge in [0.15, 0.2) is 11.5 Å². The number of methoxy groups -OCH3 is 2. The topological polar surface area (TPSA) is 65.4 Å². The molecular weight excluding hydrogens is 354 g/mol. The Morgan fingerprint density at radius 3 is 2.61 bits per heavy atom. The molecule has 1 unspecified atom stereocenters. The van der Waals surface area contributed by atoms with Gasteiger partial charge in [-0.2, -0.15) is 5.10 Å². The molecule has 1 N–H and O–H groups in total. The van der Waals surface area contributed by atoms with Gasteiger partial charge in [-0.15, -0.1) is 0 Å². The van der Waals surface area contributed by atoms with Crippen molar-refractivity contribution < 1.29 is 14.3 Å². The average molecular weight is 386 g/mol. The first-order valence-electron chi connectivity index (χ1n) is 9.89. The Hall–Kier alpha value is -2.50. The van der Waals surface area contributed by atoms with Crippen LogP contribution in [0.1, 0.15) is 69.4 Å². The van der Waals surface area contributed by atoms with Crippen LogP contribution in [-0.4, -0.2) is 29.9 Å². The number of fused-ring (bicyclic) bond motifs is 1. The van der Waals surface area contributed by atoms with Gasteiger partial charge in [-0.05, 0) is 70.2 Å². The maximum atomic E-state index is 13.2. The third-order valence-electron chi connectivity index (χ3n) is 5.62. The van der Waals surface area contributed by atoms with Crippen molar-refractivity contribution in [1.82, 2.24) is 15.1 Å². The van der Waals surface area contributed by atoms with Crippen LogP contribution in [0.4, 0.5) is 0 Å². The maximum absolute atomic E-state index is 13.2. The van der Waals surface area contributed by atoms with Crippen molar-refractivity contribution >= 4 is 5.91 Å². The molecule has 2 aromatic rings. The van der Waals surface area contributed by atoms with Crippen LogP contribution in [0, 0.1) is 0 Å². The molecule has 1 atom stereocenters. The Morgan fingerprint density at radius 2 is 1.96 bits per heavy atom. The van der Waals surface area contributed by atoms with E-state index in [1.807, 2.05) is 36.7 Å². The molecule has 1 aromatic carbocycles. The minimum Gasteiger partial charge on any atom is -0.493 e. The molecule has 3 rings (SSSR count). The number of aryl methyl sites for hydroxylation is 1. The lowest BCUT2D eigenvalue weighted by molar-refractivity contribution is -0.126. The highest BCUT2D eigenvalue weighted by Crippen LogP contribution is 2.35. The molecule has 0 aliphatic heterocycles. The highest BCUT2D eigenvalue weighted by Gasteiger charge is 2.34. The van der Waals surface area contributed by atoms with Crippen molar-refractivity contribution in [3.05, 3.63) is 41.2 Å². The molecule has 1 amide bonds. The number of carbonyl (C=O) groups is 1. The fourth-order valence-corrected chi connectivity index (χ4v) is 3.66. The molecule has 28 heavy (non-hydrogen) atoms. The Morgan fingerprint density at radius 1 is 1.25 bits per heavy atom. The molecule has 152 valence electrons. The molecule has 6 heteroatoms. The van der Waals surface area contributed by atoms with Crippen LogP contribution in [0.5, 0.6) is 11.5 Å². The van der Waals surface area contributed by atoms with E-state index in [-0.39, 0.29) is 11.9 Å². The average Bonchev–Trinajstić information content (AvgIpc) is 3.13. The standard InChI is InChI=1S/C22H31N3O3/c1-14(2)25-13-15-8-7-9-17(20(15)24-25)23-21(26)22(3,4)16-10-11-18(27-5)19(12-16)28-6/h10-14,17H,7-9H2,1-6H3,(H,23,26). The number of aromatic nitrogens is 2. The summed E-state index contributed by atoms with van der Waals surface area (Å²) in [4.78, 5) is 13.2. The van der Waals surface area contributed by atoms with Gasteiger partial charge in [-0.3, -0.25) is 9.48 Å². The second kappa shape index (κ2) is 7.86. The molecule has 6 nitrogen and oxygen atoms in total. The summed E-state index contributed by atoms with van der Waals surface area (Å²) in [6, 6.07) is 5.89. The smallest absolute Gasteiger partial charge is 0.230 e. The van der Waals surface area contributed by atoms with Crippen LogP contribution in [0.3, 0.4) is 0 Å². The number of nitrogens with zero attached hydrogens (tertiary/aromatic N) is 2. The van der Waals surface area contributed by atoms with Gasteiger partial charge < -0.3 is 14.8 Å². The number of benzene rings is 1. The summed E-state index contributed by atoms with van der Waals surface area (Å²) in [7, 11) is 3.20. The van der Waals surface area contributed by atoms with Gasteiger partial charge in [-0.25, -0.2) is 0 Å². The Kier molecular flexibility index (Phi) is 5.68. The molecule has 0 bridgehead atoms. The molecule has 0 saturated heterocycles. The predicted molar refractivity (Wildman–Crippen MR) is 109 cm³/mol. The number of hydrogen-bond acceptors (Lipinski definition) is 4. The first-order chi connectivity index (χ1) is 13.3. The quantitative estimate of drug-likeness (QED) is 0.818. The largest absolute Gasteiger partial charge is 0.493 e. The fourth-order valence-electron chi connectivity index (χ4n) is 3.66. The van der Waals surface area contributed by atoms with Gasteiger partial charge in [0.05, 0.1) is 31.4 Å². The zero-order valence-corrected chi connectivity index (χ0v) is 17.7. The number of ether oxygens (including phenoxy) is 2. The summed E-state index contributed by atoms with van der Waals surface area (Å²) in [5, 5.41) is 8.00. The SMILES string of the molecule is COc1ccc(C(C)(C)C(=O)NC2CCCc3cn(C(C)C)nc32)cc1OC. The van der Waals surface area contributed by atoms with E-state index >= 15 is 0 Å². The fraction of sp³-hybridized carbons (Fsp3) is 0.545. The van der Waals surface area contributed by atoms with Crippen molar-refractivity contribution in [2.45, 2.75) is 64.5 Å². The summed E-state index contributed by atoms with van der Waals surface area (Å²) >= 11 is 0. The molecule has 1 aliphatic carbocycles. The van der Waals surface area contributed by atoms with Crippen LogP contribution in [0.25, 0.3) is 0 Å². The molecule has 0 spiro atoms. The summed E-state index contributed by atoms with van der Waals surface area (Å²) in [6.07, 6.45) is 5.11. The number of hydrogen-bond donors (Lipinski definition) is 1. The van der Waals surface area contributed by atoms with E-state index in [4.69, 9.17) is 14.6 Å². The molecular formula is C22H31N3O3. The van der Waals surface area contributed by atoms with E-state index < -0.39 is 5.41 Å². The van der Waals surface area contributed by atoms with Crippen molar-refractivity contribution in [1.29, 1.82) is 0 Å². The zero-order valence-electron chi connectivity index (χ0n) is 17.7. The van der Waals surface area contributed by atoms with Crippen LogP contribution in [0.2, 0.25) is 0 Å². The molecule has 0 radical (unpaired) electrons. The van der Waals surface area contributed by atoms with Crippen LogP contribution in [-0.2, 0) is 16.6 Å². The number of carbonyl (C=O) groups excluding carboxylic acids is 1. The van der Waals surface area contributed by atoms with Gasteiger partial charge in [0, 0.05) is 12.2 Å². The maximum Gasteiger partial charge on any atom is 0.230 e. The van der Waals surface area contributed by atoms with Crippen molar-refractivity contribution in [2.75, 3.05) is 14.2 Å². The molecule has 1 heterocycles. The minimum atomic E-state index is -0.711. The Balaban J connectivity index is 1.83. The Bertz CT molecular complexity index is 855.